The molecule has 2 aromatic carbocycles. The number of nitrogens with one attached hydrogen (secondary N) is 2. The summed E-state index contributed by atoms with van der Waals surface area (Å²) in [6.45, 7) is 0.440. The molecule has 142 valence electrons. The zero-order valence-electron chi connectivity index (χ0n) is 13.7. The molecular formula is C18H14BrF3N2O2S. The highest BCUT2D eigenvalue weighted by Crippen LogP contribution is 2.38. The number of aromatic amines is 1. The Morgan fingerprint density at radius 2 is 2.00 bits per heavy atom. The summed E-state index contributed by atoms with van der Waals surface area (Å²) in [6.07, 6.45) is 2.51. The smallest absolute Gasteiger partial charge is 0.446 e. The van der Waals surface area contributed by atoms with E-state index in [0.29, 0.717) is 13.0 Å². The lowest BCUT2D eigenvalue weighted by Crippen LogP contribution is -2.10. The van der Waals surface area contributed by atoms with Gasteiger partial charge in [-0.15, -0.1) is 0 Å². The maximum atomic E-state index is 12.5. The fraction of sp³-hybridized carbons (Fsp3) is 0.167. The van der Waals surface area contributed by atoms with Gasteiger partial charge in [-0.2, -0.15) is 13.2 Å². The van der Waals surface area contributed by atoms with Crippen molar-refractivity contribution in [2.75, 3.05) is 11.9 Å². The molecule has 4 nitrogen and oxygen atoms in total. The van der Waals surface area contributed by atoms with Gasteiger partial charge < -0.3 is 15.4 Å². The highest BCUT2D eigenvalue weighted by molar-refractivity contribution is 9.10. The lowest BCUT2D eigenvalue weighted by molar-refractivity contribution is -0.0328. The lowest BCUT2D eigenvalue weighted by Gasteiger charge is -2.12. The molecule has 0 aliphatic heterocycles. The van der Waals surface area contributed by atoms with Crippen molar-refractivity contribution in [1.82, 2.24) is 4.98 Å². The highest BCUT2D eigenvalue weighted by Gasteiger charge is 2.29. The van der Waals surface area contributed by atoms with Crippen molar-refractivity contribution >= 4 is 50.3 Å². The summed E-state index contributed by atoms with van der Waals surface area (Å²) in [5.41, 5.74) is -2.32. The normalized spacial score (nSPS) is 11.7. The summed E-state index contributed by atoms with van der Waals surface area (Å²) in [4.78, 5) is 14.4. The molecular weight excluding hydrogens is 445 g/mol. The summed E-state index contributed by atoms with van der Waals surface area (Å²) in [7, 11) is 0. The number of H-pyrrole nitrogens is 1. The molecule has 0 amide bonds. The van der Waals surface area contributed by atoms with Crippen LogP contribution in [0.3, 0.4) is 0 Å². The van der Waals surface area contributed by atoms with E-state index in [1.54, 1.807) is 0 Å². The second kappa shape index (κ2) is 7.85. The number of benzene rings is 2. The van der Waals surface area contributed by atoms with E-state index in [-0.39, 0.29) is 27.9 Å². The van der Waals surface area contributed by atoms with Gasteiger partial charge in [-0.25, -0.2) is 4.79 Å². The third-order valence-electron chi connectivity index (χ3n) is 3.89. The number of aromatic carboxylic acids is 1. The van der Waals surface area contributed by atoms with Crippen LogP contribution in [0.2, 0.25) is 0 Å². The number of hydrogen-bond donors (Lipinski definition) is 3. The molecule has 0 saturated heterocycles. The van der Waals surface area contributed by atoms with Crippen molar-refractivity contribution in [3.8, 4) is 0 Å². The van der Waals surface area contributed by atoms with Gasteiger partial charge in [-0.3, -0.25) is 0 Å². The van der Waals surface area contributed by atoms with Gasteiger partial charge in [0.25, 0.3) is 0 Å². The van der Waals surface area contributed by atoms with E-state index < -0.39 is 11.5 Å². The molecule has 1 heterocycles. The minimum absolute atomic E-state index is 0.160. The average molecular weight is 459 g/mol. The van der Waals surface area contributed by atoms with Gasteiger partial charge in [-0.05, 0) is 54.1 Å². The number of carbonyl (C=O) groups is 1. The lowest BCUT2D eigenvalue weighted by atomic mass is 10.1. The standard InChI is InChI=1S/C18H14BrF3N2O2S/c19-11-1-3-13-10(9-24-16(13)7-11)5-6-23-15-4-2-12(27-18(20,21)22)8-14(15)17(25)26/h1-4,7-9,23-24H,5-6H2,(H,25,26). The van der Waals surface area contributed by atoms with Crippen LogP contribution in [0.5, 0.6) is 0 Å². The first-order valence-corrected chi connectivity index (χ1v) is 9.46. The summed E-state index contributed by atoms with van der Waals surface area (Å²) in [6, 6.07) is 9.54. The van der Waals surface area contributed by atoms with Crippen molar-refractivity contribution < 1.29 is 23.1 Å². The van der Waals surface area contributed by atoms with E-state index in [1.807, 2.05) is 24.4 Å². The Morgan fingerprint density at radius 3 is 2.70 bits per heavy atom. The molecule has 3 N–H and O–H groups in total. The van der Waals surface area contributed by atoms with Crippen LogP contribution >= 0.6 is 27.7 Å². The molecule has 1 aromatic heterocycles. The largest absolute Gasteiger partial charge is 0.478 e. The first-order chi connectivity index (χ1) is 12.7. The fourth-order valence-corrected chi connectivity index (χ4v) is 3.69. The number of thioether (sulfide) groups is 1. The van der Waals surface area contributed by atoms with E-state index in [9.17, 15) is 23.1 Å². The van der Waals surface area contributed by atoms with Gasteiger partial charge in [0, 0.05) is 38.7 Å². The number of alkyl halides is 3. The number of aromatic nitrogens is 1. The molecule has 3 aromatic rings. The second-order valence-electron chi connectivity index (χ2n) is 5.74. The Bertz CT molecular complexity index is 988. The van der Waals surface area contributed by atoms with Gasteiger partial charge >= 0.3 is 11.5 Å². The van der Waals surface area contributed by atoms with Crippen LogP contribution in [0.1, 0.15) is 15.9 Å². The number of halogens is 4. The van der Waals surface area contributed by atoms with Crippen LogP contribution in [-0.2, 0) is 6.42 Å². The summed E-state index contributed by atoms with van der Waals surface area (Å²) < 4.78 is 38.4. The molecule has 0 atom stereocenters. The average Bonchev–Trinajstić information content (AvgIpc) is 2.96. The molecule has 0 saturated carbocycles. The summed E-state index contributed by atoms with van der Waals surface area (Å²) in [5.74, 6) is -1.28. The van der Waals surface area contributed by atoms with Crippen LogP contribution in [0, 0.1) is 0 Å². The Morgan fingerprint density at radius 1 is 1.22 bits per heavy atom. The van der Waals surface area contributed by atoms with Gasteiger partial charge in [0.15, 0.2) is 0 Å². The minimum atomic E-state index is -4.46. The van der Waals surface area contributed by atoms with E-state index in [2.05, 4.69) is 26.2 Å². The predicted molar refractivity (Wildman–Crippen MR) is 104 cm³/mol. The Balaban J connectivity index is 1.72. The Hall–Kier alpha value is -2.13. The first-order valence-electron chi connectivity index (χ1n) is 7.85. The monoisotopic (exact) mass is 458 g/mol. The van der Waals surface area contributed by atoms with Crippen molar-refractivity contribution in [2.24, 2.45) is 0 Å². The van der Waals surface area contributed by atoms with E-state index >= 15 is 0 Å². The van der Waals surface area contributed by atoms with Gasteiger partial charge in [0.05, 0.1) is 5.56 Å². The van der Waals surface area contributed by atoms with E-state index in [4.69, 9.17) is 0 Å². The van der Waals surface area contributed by atoms with Crippen LogP contribution in [0.25, 0.3) is 10.9 Å². The molecule has 27 heavy (non-hydrogen) atoms. The third-order valence-corrected chi connectivity index (χ3v) is 5.11. The summed E-state index contributed by atoms with van der Waals surface area (Å²) >= 11 is 3.08. The number of fused-ring (bicyclic) bond motifs is 1. The predicted octanol–water partition coefficient (Wildman–Crippen LogP) is 5.90. The number of carboxylic acids is 1. The molecule has 3 rings (SSSR count). The molecule has 0 bridgehead atoms. The van der Waals surface area contributed by atoms with E-state index in [1.165, 1.54) is 12.1 Å². The van der Waals surface area contributed by atoms with Gasteiger partial charge in [0.2, 0.25) is 0 Å². The van der Waals surface area contributed by atoms with Crippen molar-refractivity contribution in [3.05, 3.63) is 58.2 Å². The molecule has 0 spiro atoms. The molecule has 9 heteroatoms. The van der Waals surface area contributed by atoms with Crippen LogP contribution in [0.4, 0.5) is 18.9 Å². The molecule has 0 aliphatic rings. The number of hydrogen-bond acceptors (Lipinski definition) is 3. The fourth-order valence-electron chi connectivity index (χ4n) is 2.75. The molecule has 0 fully saturated rings. The number of rotatable bonds is 6. The number of carboxylic acid groups (broad SMARTS) is 1. The van der Waals surface area contributed by atoms with Crippen molar-refractivity contribution in [2.45, 2.75) is 16.8 Å². The quantitative estimate of drug-likeness (QED) is 0.402. The number of anilines is 1. The van der Waals surface area contributed by atoms with Crippen LogP contribution < -0.4 is 5.32 Å². The molecule has 0 unspecified atom stereocenters. The maximum absolute atomic E-state index is 12.5. The third kappa shape index (κ3) is 4.98. The van der Waals surface area contributed by atoms with E-state index in [0.717, 1.165) is 27.0 Å². The SMILES string of the molecule is O=C(O)c1cc(SC(F)(F)F)ccc1NCCc1c[nH]c2cc(Br)ccc12. The molecule has 0 radical (unpaired) electrons. The zero-order valence-corrected chi connectivity index (χ0v) is 16.1. The van der Waals surface area contributed by atoms with Crippen LogP contribution in [0.15, 0.2) is 52.0 Å². The highest BCUT2D eigenvalue weighted by atomic mass is 79.9. The van der Waals surface area contributed by atoms with Crippen molar-refractivity contribution in [3.63, 3.8) is 0 Å². The first kappa shape index (κ1) is 19.6. The topological polar surface area (TPSA) is 65.1 Å². The molecule has 0 aliphatic carbocycles. The Labute approximate surface area is 165 Å². The van der Waals surface area contributed by atoms with Gasteiger partial charge in [-0.1, -0.05) is 22.0 Å². The summed E-state index contributed by atoms with van der Waals surface area (Å²) in [5, 5.41) is 13.4. The Kier molecular flexibility index (Phi) is 5.71. The second-order valence-corrected chi connectivity index (χ2v) is 7.80. The van der Waals surface area contributed by atoms with Crippen molar-refractivity contribution in [1.29, 1.82) is 0 Å². The van der Waals surface area contributed by atoms with Gasteiger partial charge in [0.1, 0.15) is 0 Å². The zero-order chi connectivity index (χ0) is 19.6. The van der Waals surface area contributed by atoms with Crippen LogP contribution in [-0.4, -0.2) is 28.1 Å². The maximum Gasteiger partial charge on any atom is 0.446 e. The minimum Gasteiger partial charge on any atom is -0.478 e.